The highest BCUT2D eigenvalue weighted by Crippen LogP contribution is 2.27. The molecule has 0 heterocycles. The summed E-state index contributed by atoms with van der Waals surface area (Å²) in [6.45, 7) is 2.34. The number of thioether (sulfide) groups is 1. The number of hydrogen-bond donors (Lipinski definition) is 2. The lowest BCUT2D eigenvalue weighted by molar-refractivity contribution is -0.117. The van der Waals surface area contributed by atoms with E-state index in [9.17, 15) is 9.59 Å². The Balaban J connectivity index is 1.98. The van der Waals surface area contributed by atoms with E-state index in [0.29, 0.717) is 23.7 Å². The van der Waals surface area contributed by atoms with E-state index in [2.05, 4.69) is 34.9 Å². The first-order valence-electron chi connectivity index (χ1n) is 8.48. The lowest BCUT2D eigenvalue weighted by Crippen LogP contribution is -2.30. The molecule has 0 saturated heterocycles. The van der Waals surface area contributed by atoms with Gasteiger partial charge in [-0.2, -0.15) is 0 Å². The van der Waals surface area contributed by atoms with Crippen LogP contribution in [0, 0.1) is 0 Å². The van der Waals surface area contributed by atoms with E-state index in [0.717, 1.165) is 5.56 Å². The fourth-order valence-corrected chi connectivity index (χ4v) is 3.03. The summed E-state index contributed by atoms with van der Waals surface area (Å²) in [4.78, 5) is 26.8. The van der Waals surface area contributed by atoms with Crippen LogP contribution in [-0.2, 0) is 16.1 Å². The van der Waals surface area contributed by atoms with E-state index in [-0.39, 0.29) is 18.4 Å². The summed E-state index contributed by atoms with van der Waals surface area (Å²) >= 11 is 1.70. The van der Waals surface area contributed by atoms with Crippen molar-refractivity contribution in [3.63, 3.8) is 0 Å². The van der Waals surface area contributed by atoms with Crippen LogP contribution in [0.5, 0.6) is 5.75 Å². The van der Waals surface area contributed by atoms with Crippen molar-refractivity contribution in [2.45, 2.75) is 18.4 Å². The maximum Gasteiger partial charge on any atom is 0.238 e. The van der Waals surface area contributed by atoms with Crippen LogP contribution in [-0.4, -0.2) is 43.7 Å². The van der Waals surface area contributed by atoms with Crippen LogP contribution in [0.1, 0.15) is 12.5 Å². The molecular weight excluding hydrogens is 362 g/mol. The molecule has 6 nitrogen and oxygen atoms in total. The minimum Gasteiger partial charge on any atom is -0.495 e. The first kappa shape index (κ1) is 20.8. The van der Waals surface area contributed by atoms with E-state index in [1.165, 1.54) is 18.9 Å². The molecule has 0 unspecified atom stereocenters. The van der Waals surface area contributed by atoms with Crippen LogP contribution in [0.4, 0.5) is 11.4 Å². The third kappa shape index (κ3) is 6.62. The zero-order valence-corrected chi connectivity index (χ0v) is 16.9. The van der Waals surface area contributed by atoms with Gasteiger partial charge in [0, 0.05) is 24.1 Å². The van der Waals surface area contributed by atoms with E-state index in [4.69, 9.17) is 4.74 Å². The molecule has 0 radical (unpaired) electrons. The third-order valence-electron chi connectivity index (χ3n) is 3.82. The molecule has 2 aromatic rings. The molecule has 2 amide bonds. The van der Waals surface area contributed by atoms with Gasteiger partial charge >= 0.3 is 0 Å². The zero-order valence-electron chi connectivity index (χ0n) is 16.0. The Morgan fingerprint density at radius 3 is 2.41 bits per heavy atom. The number of carbonyl (C=O) groups is 2. The monoisotopic (exact) mass is 387 g/mol. The van der Waals surface area contributed by atoms with Crippen LogP contribution in [0.25, 0.3) is 0 Å². The maximum absolute atomic E-state index is 12.4. The minimum atomic E-state index is -0.176. The summed E-state index contributed by atoms with van der Waals surface area (Å²) in [6, 6.07) is 13.4. The Hall–Kier alpha value is -2.51. The lowest BCUT2D eigenvalue weighted by Gasteiger charge is -2.18. The van der Waals surface area contributed by atoms with Crippen molar-refractivity contribution in [3.8, 4) is 5.75 Å². The van der Waals surface area contributed by atoms with Gasteiger partial charge in [0.25, 0.3) is 0 Å². The SMILES string of the molecule is COc1ccc(NC(C)=O)cc1NC(=O)CN(C)Cc1ccc(SC)cc1. The zero-order chi connectivity index (χ0) is 19.8. The first-order chi connectivity index (χ1) is 12.9. The number of amides is 2. The average molecular weight is 388 g/mol. The van der Waals surface area contributed by atoms with E-state index in [1.54, 1.807) is 30.0 Å². The standard InChI is InChI=1S/C20H25N3O3S/c1-14(24)21-16-7-10-19(26-3)18(11-16)22-20(25)13-23(2)12-15-5-8-17(27-4)9-6-15/h5-11H,12-13H2,1-4H3,(H,21,24)(H,22,25). The predicted octanol–water partition coefficient (Wildman–Crippen LogP) is 3.45. The van der Waals surface area contributed by atoms with E-state index in [1.807, 2.05) is 18.2 Å². The fourth-order valence-electron chi connectivity index (χ4n) is 2.62. The quantitative estimate of drug-likeness (QED) is 0.679. The molecule has 0 spiro atoms. The second kappa shape index (κ2) is 9.99. The normalized spacial score (nSPS) is 10.6. The predicted molar refractivity (Wildman–Crippen MR) is 110 cm³/mol. The number of carbonyl (C=O) groups excluding carboxylic acids is 2. The van der Waals surface area contributed by atoms with Crippen LogP contribution in [0.3, 0.4) is 0 Å². The first-order valence-corrected chi connectivity index (χ1v) is 9.70. The molecule has 2 N–H and O–H groups in total. The Kier molecular flexibility index (Phi) is 7.69. The summed E-state index contributed by atoms with van der Waals surface area (Å²) in [5, 5.41) is 5.54. The number of methoxy groups -OCH3 is 1. The number of nitrogens with zero attached hydrogens (tertiary/aromatic N) is 1. The summed E-state index contributed by atoms with van der Waals surface area (Å²) in [6.07, 6.45) is 2.04. The molecule has 0 aromatic heterocycles. The summed E-state index contributed by atoms with van der Waals surface area (Å²) in [5.74, 6) is 0.203. The Bertz CT molecular complexity index is 794. The molecular formula is C20H25N3O3S. The maximum atomic E-state index is 12.4. The average Bonchev–Trinajstić information content (AvgIpc) is 2.62. The molecule has 2 rings (SSSR count). The molecule has 2 aromatic carbocycles. The van der Waals surface area contributed by atoms with Gasteiger partial charge in [-0.3, -0.25) is 14.5 Å². The summed E-state index contributed by atoms with van der Waals surface area (Å²) in [5.41, 5.74) is 2.26. The molecule has 7 heteroatoms. The molecule has 27 heavy (non-hydrogen) atoms. The smallest absolute Gasteiger partial charge is 0.238 e. The highest BCUT2D eigenvalue weighted by molar-refractivity contribution is 7.98. The number of ether oxygens (including phenoxy) is 1. The van der Waals surface area contributed by atoms with Gasteiger partial charge < -0.3 is 15.4 Å². The van der Waals surface area contributed by atoms with Crippen LogP contribution >= 0.6 is 11.8 Å². The van der Waals surface area contributed by atoms with Gasteiger partial charge in [-0.25, -0.2) is 0 Å². The highest BCUT2D eigenvalue weighted by Gasteiger charge is 2.12. The van der Waals surface area contributed by atoms with E-state index < -0.39 is 0 Å². The number of rotatable bonds is 8. The second-order valence-corrected chi connectivity index (χ2v) is 7.04. The number of hydrogen-bond acceptors (Lipinski definition) is 5. The molecule has 0 aliphatic heterocycles. The number of anilines is 2. The highest BCUT2D eigenvalue weighted by atomic mass is 32.2. The topological polar surface area (TPSA) is 70.7 Å². The molecule has 0 aliphatic carbocycles. The number of likely N-dealkylation sites (N-methyl/N-ethyl adjacent to an activating group) is 1. The molecule has 0 bridgehead atoms. The fraction of sp³-hybridized carbons (Fsp3) is 0.300. The van der Waals surface area contributed by atoms with Crippen molar-refractivity contribution in [2.24, 2.45) is 0 Å². The Morgan fingerprint density at radius 1 is 1.11 bits per heavy atom. The second-order valence-electron chi connectivity index (χ2n) is 6.16. The minimum absolute atomic E-state index is 0.156. The van der Waals surface area contributed by atoms with Gasteiger partial charge in [0.15, 0.2) is 0 Å². The van der Waals surface area contributed by atoms with Gasteiger partial charge in [-0.1, -0.05) is 12.1 Å². The Morgan fingerprint density at radius 2 is 1.81 bits per heavy atom. The van der Waals surface area contributed by atoms with Gasteiger partial charge in [0.1, 0.15) is 5.75 Å². The van der Waals surface area contributed by atoms with Crippen molar-refractivity contribution in [1.29, 1.82) is 0 Å². The largest absolute Gasteiger partial charge is 0.495 e. The molecule has 0 aliphatic rings. The molecule has 0 saturated carbocycles. The van der Waals surface area contributed by atoms with Crippen LogP contribution < -0.4 is 15.4 Å². The van der Waals surface area contributed by atoms with Gasteiger partial charge in [-0.05, 0) is 49.2 Å². The van der Waals surface area contributed by atoms with Crippen molar-refractivity contribution in [3.05, 3.63) is 48.0 Å². The van der Waals surface area contributed by atoms with E-state index >= 15 is 0 Å². The molecule has 0 atom stereocenters. The van der Waals surface area contributed by atoms with Gasteiger partial charge in [0.05, 0.1) is 19.3 Å². The number of benzene rings is 2. The van der Waals surface area contributed by atoms with Crippen LogP contribution in [0.15, 0.2) is 47.4 Å². The van der Waals surface area contributed by atoms with Crippen LogP contribution in [0.2, 0.25) is 0 Å². The number of nitrogens with one attached hydrogen (secondary N) is 2. The summed E-state index contributed by atoms with van der Waals surface area (Å²) in [7, 11) is 3.43. The summed E-state index contributed by atoms with van der Waals surface area (Å²) < 4.78 is 5.29. The third-order valence-corrected chi connectivity index (χ3v) is 4.56. The molecule has 0 fully saturated rings. The van der Waals surface area contributed by atoms with Crippen molar-refractivity contribution in [1.82, 2.24) is 4.90 Å². The molecule has 144 valence electrons. The lowest BCUT2D eigenvalue weighted by atomic mass is 10.2. The van der Waals surface area contributed by atoms with Crippen molar-refractivity contribution < 1.29 is 14.3 Å². The van der Waals surface area contributed by atoms with Gasteiger partial charge in [0.2, 0.25) is 11.8 Å². The Labute approximate surface area is 164 Å². The van der Waals surface area contributed by atoms with Crippen molar-refractivity contribution in [2.75, 3.05) is 37.6 Å². The van der Waals surface area contributed by atoms with Crippen molar-refractivity contribution >= 4 is 35.0 Å². The van der Waals surface area contributed by atoms with Gasteiger partial charge in [-0.15, -0.1) is 11.8 Å².